The second-order valence-corrected chi connectivity index (χ2v) is 10.2. The van der Waals surface area contributed by atoms with Gasteiger partial charge >= 0.3 is 0 Å². The van der Waals surface area contributed by atoms with Crippen LogP contribution in [-0.2, 0) is 6.42 Å². The molecule has 0 radical (unpaired) electrons. The molecule has 0 bridgehead atoms. The van der Waals surface area contributed by atoms with Crippen molar-refractivity contribution < 1.29 is 4.79 Å². The van der Waals surface area contributed by atoms with E-state index in [1.807, 2.05) is 36.4 Å². The zero-order valence-electron chi connectivity index (χ0n) is 18.4. The molecule has 0 spiro atoms. The van der Waals surface area contributed by atoms with Gasteiger partial charge in [-0.2, -0.15) is 0 Å². The summed E-state index contributed by atoms with van der Waals surface area (Å²) in [5, 5.41) is 4.32. The number of nitrogens with one attached hydrogen (secondary N) is 1. The molecule has 1 atom stereocenters. The minimum Gasteiger partial charge on any atom is -0.322 e. The van der Waals surface area contributed by atoms with E-state index in [9.17, 15) is 4.79 Å². The molecule has 162 valence electrons. The Kier molecular flexibility index (Phi) is 5.81. The zero-order valence-corrected chi connectivity index (χ0v) is 19.3. The van der Waals surface area contributed by atoms with Crippen LogP contribution in [0.2, 0.25) is 0 Å². The number of thiazole rings is 1. The molecule has 1 amide bonds. The lowest BCUT2D eigenvalue weighted by atomic mass is 9.78. The van der Waals surface area contributed by atoms with Crippen LogP contribution in [0.1, 0.15) is 72.8 Å². The Morgan fingerprint density at radius 2 is 2.03 bits per heavy atom. The second-order valence-electron chi connectivity index (χ2n) is 9.10. The van der Waals surface area contributed by atoms with Gasteiger partial charge in [0.1, 0.15) is 0 Å². The Bertz CT molecular complexity index is 1090. The Labute approximate surface area is 188 Å². The first-order valence-electron chi connectivity index (χ1n) is 11.7. The highest BCUT2D eigenvalue weighted by atomic mass is 32.1. The summed E-state index contributed by atoms with van der Waals surface area (Å²) >= 11 is 1.77. The molecule has 2 aliphatic rings. The number of piperidine rings is 1. The number of hydrogen-bond donors (Lipinski definition) is 1. The molecule has 3 aromatic rings. The first kappa shape index (κ1) is 20.7. The maximum absolute atomic E-state index is 12.9. The molecular weight excluding hydrogens is 402 g/mol. The number of likely N-dealkylation sites (tertiary alicyclic amines) is 1. The summed E-state index contributed by atoms with van der Waals surface area (Å²) in [7, 11) is 0. The summed E-state index contributed by atoms with van der Waals surface area (Å²) in [6.07, 6.45) is 7.42. The van der Waals surface area contributed by atoms with E-state index in [0.29, 0.717) is 11.5 Å². The summed E-state index contributed by atoms with van der Waals surface area (Å²) in [6.45, 7) is 5.75. The Balaban J connectivity index is 1.28. The number of rotatable bonds is 5. The third kappa shape index (κ3) is 4.13. The number of carbonyl (C=O) groups excluding carboxylic acids is 1. The van der Waals surface area contributed by atoms with E-state index in [4.69, 9.17) is 4.98 Å². The SMILES string of the molecule is CCc1ccccc1NC(=O)c1ccc2nc([C@H]3C[C@H](N4CCCC[C@@H]4C)C3)sc2c1. The summed E-state index contributed by atoms with van der Waals surface area (Å²) in [5.74, 6) is 0.519. The molecule has 5 rings (SSSR count). The largest absolute Gasteiger partial charge is 0.322 e. The fourth-order valence-corrected chi connectivity index (χ4v) is 6.26. The van der Waals surface area contributed by atoms with Gasteiger partial charge in [0.05, 0.1) is 15.2 Å². The third-order valence-electron chi connectivity index (χ3n) is 7.10. The molecule has 5 heteroatoms. The van der Waals surface area contributed by atoms with Crippen LogP contribution in [0.25, 0.3) is 10.2 Å². The summed E-state index contributed by atoms with van der Waals surface area (Å²) in [6, 6.07) is 15.4. The molecule has 2 fully saturated rings. The Morgan fingerprint density at radius 1 is 1.19 bits per heavy atom. The van der Waals surface area contributed by atoms with Crippen molar-refractivity contribution in [2.75, 3.05) is 11.9 Å². The number of aromatic nitrogens is 1. The van der Waals surface area contributed by atoms with E-state index in [2.05, 4.69) is 30.1 Å². The standard InChI is InChI=1S/C26H31N3OS/c1-3-18-9-4-5-10-22(18)27-25(30)19-11-12-23-24(16-19)31-26(28-23)20-14-21(15-20)29-13-7-6-8-17(29)2/h4-5,9-12,16-17,20-21H,3,6-8,13-15H2,1-2H3,(H,27,30)/t17-,20-,21-/m0/s1. The number of amides is 1. The lowest BCUT2D eigenvalue weighted by molar-refractivity contribution is 0.0480. The molecule has 1 N–H and O–H groups in total. The molecule has 2 aromatic carbocycles. The normalized spacial score (nSPS) is 24.1. The predicted octanol–water partition coefficient (Wildman–Crippen LogP) is 6.23. The van der Waals surface area contributed by atoms with Gasteiger partial charge in [-0.1, -0.05) is 31.5 Å². The minimum atomic E-state index is -0.0551. The number of aryl methyl sites for hydroxylation is 1. The number of anilines is 1. The van der Waals surface area contributed by atoms with Crippen molar-refractivity contribution in [3.63, 3.8) is 0 Å². The van der Waals surface area contributed by atoms with Crippen LogP contribution in [0.4, 0.5) is 5.69 Å². The van der Waals surface area contributed by atoms with Crippen molar-refractivity contribution in [3.05, 3.63) is 58.6 Å². The number of hydrogen-bond acceptors (Lipinski definition) is 4. The topological polar surface area (TPSA) is 45.2 Å². The van der Waals surface area contributed by atoms with Gasteiger partial charge in [-0.15, -0.1) is 11.3 Å². The van der Waals surface area contributed by atoms with E-state index in [0.717, 1.165) is 40.0 Å². The van der Waals surface area contributed by atoms with Crippen molar-refractivity contribution in [3.8, 4) is 0 Å². The van der Waals surface area contributed by atoms with E-state index >= 15 is 0 Å². The van der Waals surface area contributed by atoms with Gasteiger partial charge in [-0.3, -0.25) is 9.69 Å². The molecule has 0 unspecified atom stereocenters. The quantitative estimate of drug-likeness (QED) is 0.519. The molecule has 1 saturated carbocycles. The maximum atomic E-state index is 12.9. The van der Waals surface area contributed by atoms with E-state index in [-0.39, 0.29) is 5.91 Å². The fourth-order valence-electron chi connectivity index (χ4n) is 5.13. The summed E-state index contributed by atoms with van der Waals surface area (Å²) in [5.41, 5.74) is 3.76. The van der Waals surface area contributed by atoms with Gasteiger partial charge in [0.25, 0.3) is 5.91 Å². The van der Waals surface area contributed by atoms with Crippen LogP contribution in [0.3, 0.4) is 0 Å². The fraction of sp³-hybridized carbons (Fsp3) is 0.462. The predicted molar refractivity (Wildman–Crippen MR) is 129 cm³/mol. The number of benzene rings is 2. The molecule has 1 aliphatic carbocycles. The number of fused-ring (bicyclic) bond motifs is 1. The van der Waals surface area contributed by atoms with Crippen LogP contribution in [-0.4, -0.2) is 34.4 Å². The maximum Gasteiger partial charge on any atom is 0.255 e. The lowest BCUT2D eigenvalue weighted by Crippen LogP contribution is -2.50. The molecular formula is C26H31N3OS. The van der Waals surface area contributed by atoms with E-state index in [1.165, 1.54) is 43.7 Å². The molecule has 1 saturated heterocycles. The van der Waals surface area contributed by atoms with Crippen molar-refractivity contribution >= 4 is 33.1 Å². The monoisotopic (exact) mass is 433 g/mol. The van der Waals surface area contributed by atoms with Gasteiger partial charge in [0.2, 0.25) is 0 Å². The smallest absolute Gasteiger partial charge is 0.255 e. The minimum absolute atomic E-state index is 0.0551. The van der Waals surface area contributed by atoms with E-state index < -0.39 is 0 Å². The van der Waals surface area contributed by atoms with Gasteiger partial charge in [-0.05, 0) is 75.4 Å². The highest BCUT2D eigenvalue weighted by Crippen LogP contribution is 2.44. The van der Waals surface area contributed by atoms with Crippen molar-refractivity contribution in [2.45, 2.75) is 70.4 Å². The average molecular weight is 434 g/mol. The van der Waals surface area contributed by atoms with Crippen LogP contribution < -0.4 is 5.32 Å². The zero-order chi connectivity index (χ0) is 21.4. The van der Waals surface area contributed by atoms with Gasteiger partial charge in [-0.25, -0.2) is 4.98 Å². The van der Waals surface area contributed by atoms with Gasteiger partial charge in [0, 0.05) is 29.3 Å². The van der Waals surface area contributed by atoms with Crippen LogP contribution in [0.15, 0.2) is 42.5 Å². The number of para-hydroxylation sites is 1. The number of carbonyl (C=O) groups is 1. The Hall–Kier alpha value is -2.24. The highest BCUT2D eigenvalue weighted by Gasteiger charge is 2.38. The lowest BCUT2D eigenvalue weighted by Gasteiger charge is -2.47. The second kappa shape index (κ2) is 8.71. The van der Waals surface area contributed by atoms with E-state index in [1.54, 1.807) is 11.3 Å². The summed E-state index contributed by atoms with van der Waals surface area (Å²) in [4.78, 5) is 20.5. The molecule has 1 aromatic heterocycles. The van der Waals surface area contributed by atoms with Crippen LogP contribution in [0.5, 0.6) is 0 Å². The first-order chi connectivity index (χ1) is 15.1. The molecule has 31 heavy (non-hydrogen) atoms. The van der Waals surface area contributed by atoms with Crippen molar-refractivity contribution in [2.24, 2.45) is 0 Å². The van der Waals surface area contributed by atoms with Crippen molar-refractivity contribution in [1.82, 2.24) is 9.88 Å². The number of nitrogens with zero attached hydrogens (tertiary/aromatic N) is 2. The van der Waals surface area contributed by atoms with Gasteiger partial charge < -0.3 is 5.32 Å². The first-order valence-corrected chi connectivity index (χ1v) is 12.5. The molecule has 4 nitrogen and oxygen atoms in total. The van der Waals surface area contributed by atoms with Crippen LogP contribution in [0, 0.1) is 0 Å². The highest BCUT2D eigenvalue weighted by molar-refractivity contribution is 7.18. The molecule has 1 aliphatic heterocycles. The third-order valence-corrected chi connectivity index (χ3v) is 8.28. The van der Waals surface area contributed by atoms with Crippen molar-refractivity contribution in [1.29, 1.82) is 0 Å². The molecule has 2 heterocycles. The summed E-state index contributed by atoms with van der Waals surface area (Å²) < 4.78 is 1.11. The Morgan fingerprint density at radius 3 is 2.84 bits per heavy atom. The van der Waals surface area contributed by atoms with Crippen LogP contribution >= 0.6 is 11.3 Å². The van der Waals surface area contributed by atoms with Gasteiger partial charge in [0.15, 0.2) is 0 Å². The average Bonchev–Trinajstić information content (AvgIpc) is 3.17.